The Morgan fingerprint density at radius 2 is 1.47 bits per heavy atom. The molecule has 92 valence electrons. The monoisotopic (exact) mass is 278 g/mol. The van der Waals surface area contributed by atoms with E-state index in [4.69, 9.17) is 32.2 Å². The van der Waals surface area contributed by atoms with Crippen LogP contribution in [0.4, 0.5) is 0 Å². The normalized spacial score (nSPS) is 19.5. The minimum atomic E-state index is -3.94. The van der Waals surface area contributed by atoms with Crippen LogP contribution in [-0.4, -0.2) is 29.9 Å². The highest BCUT2D eigenvalue weighted by atomic mass is 35.5. The zero-order chi connectivity index (χ0) is 11.9. The molecule has 0 fully saturated rings. The van der Waals surface area contributed by atoms with Crippen LogP contribution in [0.3, 0.4) is 0 Å². The Morgan fingerprint density at radius 1 is 1.13 bits per heavy atom. The molecule has 0 radical (unpaired) electrons. The van der Waals surface area contributed by atoms with Gasteiger partial charge in [-0.05, 0) is 11.8 Å². The van der Waals surface area contributed by atoms with Gasteiger partial charge in [-0.3, -0.25) is 9.05 Å². The van der Waals surface area contributed by atoms with Crippen molar-refractivity contribution in [2.75, 3.05) is 25.0 Å². The zero-order valence-electron chi connectivity index (χ0n) is 8.86. The molecule has 0 amide bonds. The van der Waals surface area contributed by atoms with Gasteiger partial charge in [0, 0.05) is 11.8 Å². The predicted molar refractivity (Wildman–Crippen MR) is 61.5 cm³/mol. The summed E-state index contributed by atoms with van der Waals surface area (Å²) in [5, 5.41) is 0. The SMILES string of the molecule is CC(CCl)COP(=O)(O)OCC(C)CCl. The summed E-state index contributed by atoms with van der Waals surface area (Å²) >= 11 is 11.0. The van der Waals surface area contributed by atoms with E-state index in [9.17, 15) is 9.46 Å². The van der Waals surface area contributed by atoms with Crippen LogP contribution in [0.15, 0.2) is 0 Å². The zero-order valence-corrected chi connectivity index (χ0v) is 11.3. The van der Waals surface area contributed by atoms with Crippen molar-refractivity contribution < 1.29 is 18.5 Å². The molecule has 0 bridgehead atoms. The van der Waals surface area contributed by atoms with E-state index in [-0.39, 0.29) is 25.0 Å². The number of hydrogen-bond acceptors (Lipinski definition) is 3. The third-order valence-corrected chi connectivity index (χ3v) is 3.58. The van der Waals surface area contributed by atoms with Gasteiger partial charge < -0.3 is 4.89 Å². The topological polar surface area (TPSA) is 55.8 Å². The molecule has 0 rings (SSSR count). The second kappa shape index (κ2) is 7.88. The number of hydrogen-bond donors (Lipinski definition) is 1. The second-order valence-electron chi connectivity index (χ2n) is 3.58. The van der Waals surface area contributed by atoms with Crippen LogP contribution in [0.1, 0.15) is 13.8 Å². The fraction of sp³-hybridized carbons (Fsp3) is 1.00. The molecule has 2 atom stereocenters. The molecule has 0 heterocycles. The molecule has 0 aromatic carbocycles. The summed E-state index contributed by atoms with van der Waals surface area (Å²) in [5.41, 5.74) is 0. The van der Waals surface area contributed by atoms with Crippen molar-refractivity contribution in [2.24, 2.45) is 11.8 Å². The van der Waals surface area contributed by atoms with Gasteiger partial charge in [-0.2, -0.15) is 0 Å². The van der Waals surface area contributed by atoms with Crippen LogP contribution in [0.25, 0.3) is 0 Å². The Kier molecular flexibility index (Phi) is 8.24. The summed E-state index contributed by atoms with van der Waals surface area (Å²) in [4.78, 5) is 9.23. The molecule has 0 saturated heterocycles. The predicted octanol–water partition coefficient (Wildman–Crippen LogP) is 2.87. The van der Waals surface area contributed by atoms with Gasteiger partial charge in [0.2, 0.25) is 0 Å². The number of phosphoric acid groups is 1. The fourth-order valence-electron chi connectivity index (χ4n) is 0.569. The van der Waals surface area contributed by atoms with Crippen molar-refractivity contribution in [3.8, 4) is 0 Å². The van der Waals surface area contributed by atoms with Crippen molar-refractivity contribution in [3.05, 3.63) is 0 Å². The van der Waals surface area contributed by atoms with Crippen LogP contribution in [-0.2, 0) is 13.6 Å². The van der Waals surface area contributed by atoms with Gasteiger partial charge in [-0.15, -0.1) is 23.2 Å². The average molecular weight is 279 g/mol. The van der Waals surface area contributed by atoms with Crippen molar-refractivity contribution in [1.82, 2.24) is 0 Å². The summed E-state index contributed by atoms with van der Waals surface area (Å²) in [7, 11) is -3.94. The standard InChI is InChI=1S/C8H17Cl2O4P/c1-7(3-9)5-13-15(11,12)14-6-8(2)4-10/h7-8H,3-6H2,1-2H3,(H,11,12). The van der Waals surface area contributed by atoms with Crippen molar-refractivity contribution in [2.45, 2.75) is 13.8 Å². The maximum Gasteiger partial charge on any atom is 0.472 e. The average Bonchev–Trinajstić information content (AvgIpc) is 2.22. The first-order valence-electron chi connectivity index (χ1n) is 4.65. The highest BCUT2D eigenvalue weighted by Gasteiger charge is 2.22. The first-order valence-corrected chi connectivity index (χ1v) is 7.21. The van der Waals surface area contributed by atoms with Gasteiger partial charge in [-0.25, -0.2) is 4.57 Å². The molecule has 1 N–H and O–H groups in total. The molecule has 15 heavy (non-hydrogen) atoms. The second-order valence-corrected chi connectivity index (χ2v) is 5.65. The highest BCUT2D eigenvalue weighted by molar-refractivity contribution is 7.47. The van der Waals surface area contributed by atoms with E-state index in [0.29, 0.717) is 11.8 Å². The van der Waals surface area contributed by atoms with Gasteiger partial charge in [-0.1, -0.05) is 13.8 Å². The summed E-state index contributed by atoms with van der Waals surface area (Å²) in [6.07, 6.45) is 0. The Bertz CT molecular complexity index is 197. The van der Waals surface area contributed by atoms with Gasteiger partial charge in [0.25, 0.3) is 0 Å². The molecule has 0 saturated carbocycles. The summed E-state index contributed by atoms with van der Waals surface area (Å²) in [6, 6.07) is 0. The number of alkyl halides is 2. The lowest BCUT2D eigenvalue weighted by Crippen LogP contribution is -2.10. The molecule has 2 unspecified atom stereocenters. The Labute approximate surface area is 100 Å². The summed E-state index contributed by atoms with van der Waals surface area (Å²) < 4.78 is 20.8. The Balaban J connectivity index is 3.81. The lowest BCUT2D eigenvalue weighted by atomic mass is 10.2. The molecule has 0 spiro atoms. The van der Waals surface area contributed by atoms with Gasteiger partial charge >= 0.3 is 7.82 Å². The van der Waals surface area contributed by atoms with Crippen molar-refractivity contribution in [1.29, 1.82) is 0 Å². The van der Waals surface area contributed by atoms with Gasteiger partial charge in [0.05, 0.1) is 13.2 Å². The largest absolute Gasteiger partial charge is 0.472 e. The summed E-state index contributed by atoms with van der Waals surface area (Å²) in [5.74, 6) is 0.776. The van der Waals surface area contributed by atoms with E-state index in [1.807, 2.05) is 13.8 Å². The number of halogens is 2. The molecular formula is C8H17Cl2O4P. The smallest absolute Gasteiger partial charge is 0.302 e. The molecule has 7 heteroatoms. The quantitative estimate of drug-likeness (QED) is 0.548. The van der Waals surface area contributed by atoms with Gasteiger partial charge in [0.1, 0.15) is 0 Å². The third kappa shape index (κ3) is 8.49. The minimum absolute atomic E-state index is 0.0150. The van der Waals surface area contributed by atoms with Crippen molar-refractivity contribution in [3.63, 3.8) is 0 Å². The number of rotatable bonds is 8. The third-order valence-electron chi connectivity index (χ3n) is 1.57. The molecule has 4 nitrogen and oxygen atoms in total. The van der Waals surface area contributed by atoms with E-state index in [2.05, 4.69) is 0 Å². The van der Waals surface area contributed by atoms with E-state index in [1.54, 1.807) is 0 Å². The van der Waals surface area contributed by atoms with Crippen LogP contribution in [0.2, 0.25) is 0 Å². The van der Waals surface area contributed by atoms with Crippen molar-refractivity contribution >= 4 is 31.0 Å². The molecule has 0 aliphatic rings. The summed E-state index contributed by atoms with van der Waals surface area (Å²) in [6.45, 7) is 3.84. The lowest BCUT2D eigenvalue weighted by Gasteiger charge is -2.15. The van der Waals surface area contributed by atoms with Gasteiger partial charge in [0.15, 0.2) is 0 Å². The molecule has 0 aliphatic heterocycles. The van der Waals surface area contributed by atoms with Crippen LogP contribution < -0.4 is 0 Å². The highest BCUT2D eigenvalue weighted by Crippen LogP contribution is 2.43. The maximum absolute atomic E-state index is 11.3. The van der Waals surface area contributed by atoms with E-state index in [1.165, 1.54) is 0 Å². The molecular weight excluding hydrogens is 262 g/mol. The maximum atomic E-state index is 11.3. The number of phosphoric ester groups is 1. The van der Waals surface area contributed by atoms with E-state index in [0.717, 1.165) is 0 Å². The molecule has 0 aromatic rings. The first-order chi connectivity index (χ1) is 6.91. The van der Waals surface area contributed by atoms with Crippen LogP contribution >= 0.6 is 31.0 Å². The van der Waals surface area contributed by atoms with E-state index >= 15 is 0 Å². The lowest BCUT2D eigenvalue weighted by molar-refractivity contribution is 0.127. The van der Waals surface area contributed by atoms with E-state index < -0.39 is 7.82 Å². The molecule has 0 aromatic heterocycles. The van der Waals surface area contributed by atoms with Crippen LogP contribution in [0, 0.1) is 11.8 Å². The Hall–Kier alpha value is 0.690. The minimum Gasteiger partial charge on any atom is -0.302 e. The Morgan fingerprint density at radius 3 is 1.73 bits per heavy atom. The fourth-order valence-corrected chi connectivity index (χ4v) is 1.71. The first kappa shape index (κ1) is 15.7. The van der Waals surface area contributed by atoms with Crippen LogP contribution in [0.5, 0.6) is 0 Å². The molecule has 0 aliphatic carbocycles.